The maximum Gasteiger partial charge on any atom is 0.171 e. The van der Waals surface area contributed by atoms with Gasteiger partial charge >= 0.3 is 0 Å². The summed E-state index contributed by atoms with van der Waals surface area (Å²) in [6.45, 7) is 27.8. The zero-order chi connectivity index (χ0) is 31.3. The number of fused-ring (bicyclic) bond motifs is 2. The van der Waals surface area contributed by atoms with Crippen molar-refractivity contribution in [2.45, 2.75) is 116 Å². The average molecular weight is 654 g/mol. The Morgan fingerprint density at radius 2 is 1.10 bits per heavy atom. The van der Waals surface area contributed by atoms with Crippen molar-refractivity contribution in [2.75, 3.05) is 0 Å². The van der Waals surface area contributed by atoms with Crippen LogP contribution >= 0.6 is 34.3 Å². The second-order valence-corrected chi connectivity index (χ2v) is 26.5. The molecule has 0 bridgehead atoms. The van der Waals surface area contributed by atoms with Crippen molar-refractivity contribution in [1.82, 2.24) is 19.2 Å². The van der Waals surface area contributed by atoms with Crippen molar-refractivity contribution in [3.63, 3.8) is 0 Å². The predicted octanol–water partition coefficient (Wildman–Crippen LogP) is 12.3. The van der Waals surface area contributed by atoms with E-state index in [2.05, 4.69) is 115 Å². The fourth-order valence-corrected chi connectivity index (χ4v) is 18.0. The SMILES string of the molecule is CC(C)[Si](C(C)C)(C(C)C)n1ccc2c(Cl)ccnc21.CC(C)[Si](Cl)(C(C)C)C(C)C.Clc1ccnc2[nH]ccc12. The van der Waals surface area contributed by atoms with Crippen LogP contribution in [0.25, 0.3) is 22.1 Å². The molecule has 0 saturated carbocycles. The average Bonchev–Trinajstić information content (AvgIpc) is 3.53. The molecule has 4 nitrogen and oxygen atoms in total. The molecule has 4 rings (SSSR count). The summed E-state index contributed by atoms with van der Waals surface area (Å²) in [7, 11) is -3.25. The summed E-state index contributed by atoms with van der Waals surface area (Å²) in [5.41, 5.74) is 5.90. The molecule has 0 unspecified atom stereocenters. The zero-order valence-corrected chi connectivity index (χ0v) is 31.3. The summed E-state index contributed by atoms with van der Waals surface area (Å²) in [5.74, 6) is 0. The van der Waals surface area contributed by atoms with Crippen LogP contribution in [0, 0.1) is 0 Å². The van der Waals surface area contributed by atoms with Crippen molar-refractivity contribution in [2.24, 2.45) is 0 Å². The monoisotopic (exact) mass is 652 g/mol. The summed E-state index contributed by atoms with van der Waals surface area (Å²) in [6.07, 6.45) is 7.54. The Kier molecular flexibility index (Phi) is 13.1. The van der Waals surface area contributed by atoms with Crippen LogP contribution in [0.5, 0.6) is 0 Å². The second-order valence-electron chi connectivity index (χ2n) is 12.9. The fraction of sp³-hybridized carbons (Fsp3) is 0.562. The molecule has 0 aliphatic heterocycles. The first-order valence-electron chi connectivity index (χ1n) is 14.9. The lowest BCUT2D eigenvalue weighted by atomic mass is 10.3. The van der Waals surface area contributed by atoms with E-state index in [1.807, 2.05) is 24.5 Å². The van der Waals surface area contributed by atoms with Gasteiger partial charge in [0.15, 0.2) is 15.6 Å². The Morgan fingerprint density at radius 1 is 0.634 bits per heavy atom. The first-order chi connectivity index (χ1) is 19.0. The fourth-order valence-electron chi connectivity index (χ4n) is 7.08. The van der Waals surface area contributed by atoms with E-state index in [-0.39, 0.29) is 0 Å². The van der Waals surface area contributed by atoms with E-state index < -0.39 is 15.6 Å². The van der Waals surface area contributed by atoms with Crippen molar-refractivity contribution in [3.8, 4) is 0 Å². The molecule has 0 aliphatic carbocycles. The summed E-state index contributed by atoms with van der Waals surface area (Å²) in [4.78, 5) is 11.7. The van der Waals surface area contributed by atoms with Gasteiger partial charge in [-0.25, -0.2) is 9.97 Å². The van der Waals surface area contributed by atoms with Gasteiger partial charge in [-0.2, -0.15) is 11.1 Å². The number of halogens is 3. The highest BCUT2D eigenvalue weighted by Crippen LogP contribution is 2.45. The summed E-state index contributed by atoms with van der Waals surface area (Å²) >= 11 is 18.8. The molecule has 0 fully saturated rings. The van der Waals surface area contributed by atoms with Crippen LogP contribution in [0.15, 0.2) is 49.1 Å². The maximum atomic E-state index is 6.68. The van der Waals surface area contributed by atoms with Gasteiger partial charge in [-0.1, -0.05) is 106 Å². The van der Waals surface area contributed by atoms with E-state index >= 15 is 0 Å². The number of nitrogens with zero attached hydrogens (tertiary/aromatic N) is 3. The van der Waals surface area contributed by atoms with Crippen LogP contribution in [0.1, 0.15) is 83.1 Å². The van der Waals surface area contributed by atoms with Gasteiger partial charge in [0.1, 0.15) is 11.3 Å². The molecule has 228 valence electrons. The Hall–Kier alpha value is -1.32. The summed E-state index contributed by atoms with van der Waals surface area (Å²) < 4.78 is 2.49. The lowest BCUT2D eigenvalue weighted by molar-refractivity contribution is 0.770. The number of pyridine rings is 2. The standard InChI is InChI=1S/C16H25ClN2Si.C9H21ClSi.C7H5ClN2/c1-11(2)20(12(3)4,13(5)6)19-10-8-14-15(17)7-9-18-16(14)19;1-7(2)11(10,8(3)4)9(5)6;8-6-2-4-10-7-5(6)1-3-9-7/h7-13H,1-6H3;7-9H,1-6H3;1-4H,(H,9,10). The lowest BCUT2D eigenvalue weighted by Gasteiger charge is -2.44. The molecule has 0 radical (unpaired) electrons. The molecule has 0 aromatic carbocycles. The van der Waals surface area contributed by atoms with Gasteiger partial charge in [-0.05, 0) is 63.7 Å². The predicted molar refractivity (Wildman–Crippen MR) is 189 cm³/mol. The number of nitrogens with one attached hydrogen (secondary N) is 1. The van der Waals surface area contributed by atoms with Crippen molar-refractivity contribution in [3.05, 3.63) is 59.1 Å². The minimum absolute atomic E-state index is 0.652. The molecular formula is C32H51Cl3N4Si2. The molecule has 9 heteroatoms. The highest BCUT2D eigenvalue weighted by Gasteiger charge is 2.46. The highest BCUT2D eigenvalue weighted by atomic mass is 35.6. The Bertz CT molecular complexity index is 1330. The molecular weight excluding hydrogens is 603 g/mol. The van der Waals surface area contributed by atoms with Gasteiger partial charge in [0, 0.05) is 29.4 Å². The van der Waals surface area contributed by atoms with Crippen LogP contribution in [-0.4, -0.2) is 34.8 Å². The lowest BCUT2D eigenvalue weighted by Crippen LogP contribution is -2.51. The number of hydrogen-bond acceptors (Lipinski definition) is 2. The minimum atomic E-state index is -1.74. The van der Waals surface area contributed by atoms with Crippen molar-refractivity contribution >= 4 is 72.0 Å². The van der Waals surface area contributed by atoms with Gasteiger partial charge in [0.05, 0.1) is 10.0 Å². The maximum absolute atomic E-state index is 6.68. The van der Waals surface area contributed by atoms with E-state index in [0.717, 1.165) is 32.1 Å². The molecule has 0 aliphatic rings. The zero-order valence-electron chi connectivity index (χ0n) is 27.1. The van der Waals surface area contributed by atoms with E-state index in [1.165, 1.54) is 0 Å². The summed E-state index contributed by atoms with van der Waals surface area (Å²) in [6, 6.07) is 7.68. The largest absolute Gasteiger partial charge is 0.359 e. The van der Waals surface area contributed by atoms with E-state index in [1.54, 1.807) is 12.3 Å². The molecule has 4 aromatic rings. The van der Waals surface area contributed by atoms with Crippen LogP contribution < -0.4 is 0 Å². The second kappa shape index (κ2) is 14.9. The topological polar surface area (TPSA) is 46.5 Å². The normalized spacial score (nSPS) is 12.6. The third kappa shape index (κ3) is 7.43. The quantitative estimate of drug-likeness (QED) is 0.159. The van der Waals surface area contributed by atoms with Crippen LogP contribution in [0.2, 0.25) is 43.3 Å². The molecule has 41 heavy (non-hydrogen) atoms. The minimum Gasteiger partial charge on any atom is -0.359 e. The number of rotatable bonds is 7. The first-order valence-corrected chi connectivity index (χ1v) is 21.1. The van der Waals surface area contributed by atoms with Crippen LogP contribution in [-0.2, 0) is 0 Å². The molecule has 4 heterocycles. The van der Waals surface area contributed by atoms with E-state index in [4.69, 9.17) is 34.3 Å². The number of hydrogen-bond donors (Lipinski definition) is 1. The smallest absolute Gasteiger partial charge is 0.171 e. The van der Waals surface area contributed by atoms with E-state index in [0.29, 0.717) is 33.2 Å². The number of aromatic amines is 1. The molecule has 0 amide bonds. The molecule has 0 spiro atoms. The van der Waals surface area contributed by atoms with Crippen LogP contribution in [0.4, 0.5) is 0 Å². The van der Waals surface area contributed by atoms with E-state index in [9.17, 15) is 0 Å². The van der Waals surface area contributed by atoms with Gasteiger partial charge in [-0.15, -0.1) is 0 Å². The van der Waals surface area contributed by atoms with Crippen molar-refractivity contribution < 1.29 is 0 Å². The first kappa shape index (κ1) is 35.9. The van der Waals surface area contributed by atoms with Gasteiger partial charge in [0.25, 0.3) is 0 Å². The third-order valence-electron chi connectivity index (χ3n) is 8.79. The molecule has 0 saturated heterocycles. The number of aromatic nitrogens is 4. The Morgan fingerprint density at radius 3 is 1.51 bits per heavy atom. The van der Waals surface area contributed by atoms with Gasteiger partial charge in [0.2, 0.25) is 0 Å². The molecule has 1 N–H and O–H groups in total. The number of H-pyrrole nitrogens is 1. The van der Waals surface area contributed by atoms with Crippen molar-refractivity contribution in [1.29, 1.82) is 0 Å². The molecule has 4 aromatic heterocycles. The summed E-state index contributed by atoms with van der Waals surface area (Å²) in [5, 5.41) is 3.59. The molecule has 0 atom stereocenters. The van der Waals surface area contributed by atoms with Gasteiger partial charge in [-0.3, -0.25) is 0 Å². The Balaban J connectivity index is 0.000000236. The van der Waals surface area contributed by atoms with Gasteiger partial charge < -0.3 is 9.22 Å². The van der Waals surface area contributed by atoms with Crippen LogP contribution in [0.3, 0.4) is 0 Å². The highest BCUT2D eigenvalue weighted by molar-refractivity contribution is 7.22. The third-order valence-corrected chi connectivity index (χ3v) is 25.4. The Labute approximate surface area is 265 Å².